The Hall–Kier alpha value is -3.52. The van der Waals surface area contributed by atoms with Gasteiger partial charge in [-0.25, -0.2) is 8.42 Å². The van der Waals surface area contributed by atoms with Gasteiger partial charge in [0.05, 0.1) is 10.7 Å². The Labute approximate surface area is 187 Å². The van der Waals surface area contributed by atoms with Crippen molar-refractivity contribution in [3.63, 3.8) is 0 Å². The van der Waals surface area contributed by atoms with E-state index in [0.717, 1.165) is 5.56 Å². The topological polar surface area (TPSA) is 106 Å². The van der Waals surface area contributed by atoms with Gasteiger partial charge in [-0.1, -0.05) is 69.3 Å². The number of benzene rings is 3. The third-order valence-electron chi connectivity index (χ3n) is 4.89. The fourth-order valence-corrected chi connectivity index (χ4v) is 4.38. The van der Waals surface area contributed by atoms with Crippen molar-refractivity contribution < 1.29 is 18.1 Å². The molecule has 1 N–H and O–H groups in total. The summed E-state index contributed by atoms with van der Waals surface area (Å²) in [6.07, 6.45) is 0. The zero-order valence-electron chi connectivity index (χ0n) is 18.0. The van der Waals surface area contributed by atoms with Crippen LogP contribution < -0.4 is 4.72 Å². The quantitative estimate of drug-likeness (QED) is 0.306. The number of sulfonamides is 1. The predicted octanol–water partition coefficient (Wildman–Crippen LogP) is 5.07. The van der Waals surface area contributed by atoms with Gasteiger partial charge in [-0.05, 0) is 28.7 Å². The normalized spacial score (nSPS) is 11.7. The minimum atomic E-state index is -3.84. The summed E-state index contributed by atoms with van der Waals surface area (Å²) in [6.45, 7) is 6.27. The highest BCUT2D eigenvalue weighted by atomic mass is 32.2. The number of ketones is 1. The third kappa shape index (κ3) is 5.79. The van der Waals surface area contributed by atoms with Gasteiger partial charge in [0, 0.05) is 28.9 Å². The van der Waals surface area contributed by atoms with Gasteiger partial charge in [0.25, 0.3) is 5.69 Å². The molecule has 3 aromatic rings. The van der Waals surface area contributed by atoms with Gasteiger partial charge in [0.2, 0.25) is 10.0 Å². The van der Waals surface area contributed by atoms with Crippen molar-refractivity contribution in [2.45, 2.75) is 31.9 Å². The molecule has 0 aliphatic rings. The van der Waals surface area contributed by atoms with Crippen molar-refractivity contribution in [1.82, 2.24) is 0 Å². The molecule has 0 bridgehead atoms. The molecular formula is C24H24N2O5S. The number of nitrogens with zero attached hydrogens (tertiary/aromatic N) is 1. The Balaban J connectivity index is 1.77. The molecule has 0 saturated heterocycles. The minimum absolute atomic E-state index is 0.0288. The Morgan fingerprint density at radius 2 is 1.59 bits per heavy atom. The molecule has 0 aromatic heterocycles. The maximum Gasteiger partial charge on any atom is 0.269 e. The SMILES string of the molecule is CC(C)(C)c1ccc(C(=O)c2cccc(NS(=O)(=O)Cc3cccc([N+](=O)[O-])c3)c2)cc1. The van der Waals surface area contributed by atoms with Crippen LogP contribution in [0, 0.1) is 10.1 Å². The lowest BCUT2D eigenvalue weighted by Crippen LogP contribution is -2.15. The van der Waals surface area contributed by atoms with Crippen LogP contribution >= 0.6 is 0 Å². The molecule has 7 nitrogen and oxygen atoms in total. The number of carbonyl (C=O) groups excluding carboxylic acids is 1. The van der Waals surface area contributed by atoms with Gasteiger partial charge < -0.3 is 0 Å². The van der Waals surface area contributed by atoms with Crippen LogP contribution in [-0.4, -0.2) is 19.1 Å². The Morgan fingerprint density at radius 3 is 2.22 bits per heavy atom. The summed E-state index contributed by atoms with van der Waals surface area (Å²) in [4.78, 5) is 23.2. The van der Waals surface area contributed by atoms with E-state index in [1.54, 1.807) is 30.3 Å². The third-order valence-corrected chi connectivity index (χ3v) is 6.15. The molecule has 0 aliphatic carbocycles. The predicted molar refractivity (Wildman–Crippen MR) is 124 cm³/mol. The Bertz CT molecular complexity index is 1260. The number of rotatable bonds is 7. The van der Waals surface area contributed by atoms with Crippen LogP contribution in [0.3, 0.4) is 0 Å². The monoisotopic (exact) mass is 452 g/mol. The molecule has 0 aliphatic heterocycles. The van der Waals surface area contributed by atoms with Gasteiger partial charge >= 0.3 is 0 Å². The fraction of sp³-hybridized carbons (Fsp3) is 0.208. The smallest absolute Gasteiger partial charge is 0.269 e. The zero-order valence-corrected chi connectivity index (χ0v) is 18.8. The number of non-ortho nitro benzene ring substituents is 1. The molecule has 3 rings (SSSR count). The Morgan fingerprint density at radius 1 is 0.938 bits per heavy atom. The first kappa shape index (κ1) is 23.1. The number of hydrogen-bond donors (Lipinski definition) is 1. The van der Waals surface area contributed by atoms with Crippen molar-refractivity contribution >= 4 is 27.2 Å². The molecule has 0 saturated carbocycles. The summed E-state index contributed by atoms with van der Waals surface area (Å²) in [6, 6.07) is 19.1. The van der Waals surface area contributed by atoms with Crippen molar-refractivity contribution in [3.05, 3.63) is 105 Å². The molecular weight excluding hydrogens is 428 g/mol. The molecule has 0 heterocycles. The lowest BCUT2D eigenvalue weighted by atomic mass is 9.86. The van der Waals surface area contributed by atoms with Gasteiger partial charge in [-0.2, -0.15) is 0 Å². The van der Waals surface area contributed by atoms with Gasteiger partial charge in [-0.15, -0.1) is 0 Å². The summed E-state index contributed by atoms with van der Waals surface area (Å²) in [5.41, 5.74) is 2.29. The average molecular weight is 453 g/mol. The van der Waals surface area contributed by atoms with E-state index in [4.69, 9.17) is 0 Å². The van der Waals surface area contributed by atoms with Gasteiger partial charge in [0.15, 0.2) is 5.78 Å². The van der Waals surface area contributed by atoms with E-state index in [-0.39, 0.29) is 28.1 Å². The molecule has 0 amide bonds. The first-order valence-corrected chi connectivity index (χ1v) is 11.6. The second-order valence-electron chi connectivity index (χ2n) is 8.53. The molecule has 0 atom stereocenters. The van der Waals surface area contributed by atoms with Gasteiger partial charge in [-0.3, -0.25) is 19.6 Å². The van der Waals surface area contributed by atoms with Crippen LogP contribution in [0.1, 0.15) is 47.8 Å². The lowest BCUT2D eigenvalue weighted by Gasteiger charge is -2.19. The second kappa shape index (κ2) is 8.92. The number of hydrogen-bond acceptors (Lipinski definition) is 5. The molecule has 3 aromatic carbocycles. The lowest BCUT2D eigenvalue weighted by molar-refractivity contribution is -0.384. The van der Waals surface area contributed by atoms with E-state index >= 15 is 0 Å². The van der Waals surface area contributed by atoms with E-state index in [1.165, 1.54) is 30.3 Å². The molecule has 166 valence electrons. The largest absolute Gasteiger partial charge is 0.289 e. The molecule has 8 heteroatoms. The van der Waals surface area contributed by atoms with Crippen LogP contribution in [-0.2, 0) is 21.2 Å². The standard InChI is InChI=1S/C24H24N2O5S/c1-24(2,3)20-12-10-18(11-13-20)23(27)19-7-5-8-21(15-19)25-32(30,31)16-17-6-4-9-22(14-17)26(28)29/h4-15,25H,16H2,1-3H3. The van der Waals surface area contributed by atoms with Crippen LogP contribution in [0.15, 0.2) is 72.8 Å². The summed E-state index contributed by atoms with van der Waals surface area (Å²) in [5, 5.41) is 10.9. The highest BCUT2D eigenvalue weighted by molar-refractivity contribution is 7.91. The summed E-state index contributed by atoms with van der Waals surface area (Å²) < 4.78 is 27.6. The zero-order chi connectivity index (χ0) is 23.5. The number of nitro groups is 1. The fourth-order valence-electron chi connectivity index (χ4n) is 3.21. The van der Waals surface area contributed by atoms with Crippen molar-refractivity contribution in [1.29, 1.82) is 0 Å². The highest BCUT2D eigenvalue weighted by Crippen LogP contribution is 2.24. The molecule has 0 spiro atoms. The molecule has 0 radical (unpaired) electrons. The number of carbonyl (C=O) groups is 1. The number of anilines is 1. The summed E-state index contributed by atoms with van der Waals surface area (Å²) >= 11 is 0. The minimum Gasteiger partial charge on any atom is -0.289 e. The first-order chi connectivity index (χ1) is 14.9. The number of nitro benzene ring substituents is 1. The van der Waals surface area contributed by atoms with Crippen LogP contribution in [0.25, 0.3) is 0 Å². The van der Waals surface area contributed by atoms with Gasteiger partial charge in [0.1, 0.15) is 0 Å². The summed E-state index contributed by atoms with van der Waals surface area (Å²) in [7, 11) is -3.84. The van der Waals surface area contributed by atoms with Crippen molar-refractivity contribution in [2.75, 3.05) is 4.72 Å². The molecule has 0 fully saturated rings. The van der Waals surface area contributed by atoms with E-state index in [9.17, 15) is 23.3 Å². The van der Waals surface area contributed by atoms with E-state index < -0.39 is 20.7 Å². The second-order valence-corrected chi connectivity index (χ2v) is 10.2. The van der Waals surface area contributed by atoms with Crippen LogP contribution in [0.2, 0.25) is 0 Å². The van der Waals surface area contributed by atoms with E-state index in [1.807, 2.05) is 12.1 Å². The molecule has 32 heavy (non-hydrogen) atoms. The van der Waals surface area contributed by atoms with E-state index in [2.05, 4.69) is 25.5 Å². The highest BCUT2D eigenvalue weighted by Gasteiger charge is 2.17. The average Bonchev–Trinajstić information content (AvgIpc) is 2.72. The van der Waals surface area contributed by atoms with Crippen molar-refractivity contribution in [2.24, 2.45) is 0 Å². The van der Waals surface area contributed by atoms with E-state index in [0.29, 0.717) is 11.1 Å². The maximum absolute atomic E-state index is 12.9. The van der Waals surface area contributed by atoms with Crippen molar-refractivity contribution in [3.8, 4) is 0 Å². The Kier molecular flexibility index (Phi) is 6.45. The maximum atomic E-state index is 12.9. The van der Waals surface area contributed by atoms with Crippen LogP contribution in [0.4, 0.5) is 11.4 Å². The first-order valence-electron chi connectivity index (χ1n) is 9.94. The molecule has 0 unspecified atom stereocenters. The van der Waals surface area contributed by atoms with Crippen LogP contribution in [0.5, 0.6) is 0 Å². The summed E-state index contributed by atoms with van der Waals surface area (Å²) in [5.74, 6) is -0.647. The number of nitrogens with one attached hydrogen (secondary N) is 1.